The molecule has 1 heterocycles. The zero-order chi connectivity index (χ0) is 15.9. The van der Waals surface area contributed by atoms with Gasteiger partial charge in [-0.3, -0.25) is 4.79 Å². The second-order valence-corrected chi connectivity index (χ2v) is 6.00. The summed E-state index contributed by atoms with van der Waals surface area (Å²) in [5, 5.41) is 12.5. The normalized spacial score (nSPS) is 17.3. The van der Waals surface area contributed by atoms with Crippen molar-refractivity contribution in [2.24, 2.45) is 5.92 Å². The Morgan fingerprint density at radius 1 is 1.45 bits per heavy atom. The lowest BCUT2D eigenvalue weighted by atomic mass is 9.97. The molecule has 0 spiro atoms. The summed E-state index contributed by atoms with van der Waals surface area (Å²) in [7, 11) is 1.67. The maximum Gasteiger partial charge on any atom is 0.253 e. The number of rotatable bonds is 6. The van der Waals surface area contributed by atoms with Crippen LogP contribution in [-0.2, 0) is 4.74 Å². The van der Waals surface area contributed by atoms with E-state index in [0.717, 1.165) is 31.6 Å². The van der Waals surface area contributed by atoms with Crippen molar-refractivity contribution in [3.63, 3.8) is 0 Å². The van der Waals surface area contributed by atoms with Gasteiger partial charge in [0.1, 0.15) is 0 Å². The molecule has 1 aliphatic rings. The molecule has 1 aromatic rings. The molecule has 0 bridgehead atoms. The van der Waals surface area contributed by atoms with E-state index in [0.29, 0.717) is 18.1 Å². The van der Waals surface area contributed by atoms with E-state index in [4.69, 9.17) is 4.74 Å². The zero-order valence-electron chi connectivity index (χ0n) is 13.4. The Balaban J connectivity index is 1.98. The molecule has 1 aromatic carbocycles. The van der Waals surface area contributed by atoms with E-state index in [1.165, 1.54) is 0 Å². The van der Waals surface area contributed by atoms with E-state index in [9.17, 15) is 9.90 Å². The number of aliphatic hydroxyl groups is 1. The summed E-state index contributed by atoms with van der Waals surface area (Å²) in [4.78, 5) is 14.4. The number of methoxy groups -OCH3 is 1. The highest BCUT2D eigenvalue weighted by molar-refractivity contribution is 5.95. The molecule has 22 heavy (non-hydrogen) atoms. The van der Waals surface area contributed by atoms with E-state index in [2.05, 4.69) is 5.32 Å². The Hall–Kier alpha value is -1.59. The summed E-state index contributed by atoms with van der Waals surface area (Å²) in [6.07, 6.45) is 1.76. The third kappa shape index (κ3) is 4.45. The minimum atomic E-state index is 0.0689. The van der Waals surface area contributed by atoms with Gasteiger partial charge in [0, 0.05) is 44.1 Å². The fourth-order valence-electron chi connectivity index (χ4n) is 2.82. The number of hydrogen-bond donors (Lipinski definition) is 2. The largest absolute Gasteiger partial charge is 0.396 e. The lowest BCUT2D eigenvalue weighted by molar-refractivity contribution is 0.0651. The maximum atomic E-state index is 12.6. The van der Waals surface area contributed by atoms with Gasteiger partial charge < -0.3 is 20.1 Å². The first kappa shape index (κ1) is 16.8. The summed E-state index contributed by atoms with van der Waals surface area (Å²) >= 11 is 0. The molecule has 1 saturated heterocycles. The van der Waals surface area contributed by atoms with Crippen LogP contribution in [0.15, 0.2) is 24.3 Å². The Morgan fingerprint density at radius 2 is 2.18 bits per heavy atom. The van der Waals surface area contributed by atoms with Crippen LogP contribution in [0.5, 0.6) is 0 Å². The monoisotopic (exact) mass is 306 g/mol. The van der Waals surface area contributed by atoms with Crippen molar-refractivity contribution in [2.75, 3.05) is 38.7 Å². The van der Waals surface area contributed by atoms with Gasteiger partial charge in [-0.2, -0.15) is 0 Å². The van der Waals surface area contributed by atoms with E-state index in [1.807, 2.05) is 36.1 Å². The Morgan fingerprint density at radius 3 is 2.82 bits per heavy atom. The van der Waals surface area contributed by atoms with Gasteiger partial charge in [0.2, 0.25) is 0 Å². The second kappa shape index (κ2) is 8.15. The molecule has 2 rings (SSSR count). The lowest BCUT2D eigenvalue weighted by Crippen LogP contribution is -2.39. The van der Waals surface area contributed by atoms with Crippen molar-refractivity contribution in [1.29, 1.82) is 0 Å². The predicted octanol–water partition coefficient (Wildman–Crippen LogP) is 1.98. The molecule has 1 amide bonds. The van der Waals surface area contributed by atoms with Crippen molar-refractivity contribution in [3.05, 3.63) is 29.8 Å². The van der Waals surface area contributed by atoms with Gasteiger partial charge in [-0.05, 0) is 43.9 Å². The summed E-state index contributed by atoms with van der Waals surface area (Å²) in [5.74, 6) is 0.409. The molecule has 1 unspecified atom stereocenters. The highest BCUT2D eigenvalue weighted by Crippen LogP contribution is 2.20. The molecule has 5 nitrogen and oxygen atoms in total. The fraction of sp³-hybridized carbons (Fsp3) is 0.588. The van der Waals surface area contributed by atoms with Crippen LogP contribution in [0.4, 0.5) is 5.69 Å². The highest BCUT2D eigenvalue weighted by atomic mass is 16.5. The predicted molar refractivity (Wildman–Crippen MR) is 87.1 cm³/mol. The molecule has 1 atom stereocenters. The Bertz CT molecular complexity index is 485. The number of nitrogens with one attached hydrogen (secondary N) is 1. The molecule has 0 radical (unpaired) electrons. The van der Waals surface area contributed by atoms with Crippen molar-refractivity contribution < 1.29 is 14.6 Å². The summed E-state index contributed by atoms with van der Waals surface area (Å²) in [5.41, 5.74) is 1.64. The number of carbonyl (C=O) groups is 1. The molecule has 1 aliphatic heterocycles. The number of anilines is 1. The van der Waals surface area contributed by atoms with Crippen molar-refractivity contribution in [2.45, 2.75) is 25.8 Å². The first-order valence-electron chi connectivity index (χ1n) is 7.89. The molecule has 122 valence electrons. The van der Waals surface area contributed by atoms with E-state index < -0.39 is 0 Å². The molecule has 2 N–H and O–H groups in total. The molecular weight excluding hydrogens is 280 g/mol. The molecule has 1 fully saturated rings. The van der Waals surface area contributed by atoms with Crippen LogP contribution in [0.2, 0.25) is 0 Å². The summed E-state index contributed by atoms with van der Waals surface area (Å²) in [6, 6.07) is 7.80. The van der Waals surface area contributed by atoms with Crippen LogP contribution in [0.1, 0.15) is 30.1 Å². The zero-order valence-corrected chi connectivity index (χ0v) is 13.4. The number of aliphatic hydroxyl groups excluding tert-OH is 1. The van der Waals surface area contributed by atoms with Gasteiger partial charge in [0.15, 0.2) is 0 Å². The quantitative estimate of drug-likeness (QED) is 0.843. The number of piperidine rings is 1. The van der Waals surface area contributed by atoms with Crippen LogP contribution >= 0.6 is 0 Å². The van der Waals surface area contributed by atoms with Gasteiger partial charge in [0.05, 0.1) is 6.61 Å². The number of likely N-dealkylation sites (tertiary alicyclic amines) is 1. The number of ether oxygens (including phenoxy) is 1. The van der Waals surface area contributed by atoms with Gasteiger partial charge in [-0.1, -0.05) is 6.07 Å². The van der Waals surface area contributed by atoms with Crippen molar-refractivity contribution in [3.8, 4) is 0 Å². The van der Waals surface area contributed by atoms with Crippen molar-refractivity contribution in [1.82, 2.24) is 4.90 Å². The fourth-order valence-corrected chi connectivity index (χ4v) is 2.82. The van der Waals surface area contributed by atoms with Gasteiger partial charge in [-0.25, -0.2) is 0 Å². The lowest BCUT2D eigenvalue weighted by Gasteiger charge is -2.31. The first-order valence-corrected chi connectivity index (χ1v) is 7.89. The third-order valence-corrected chi connectivity index (χ3v) is 4.10. The Kier molecular flexibility index (Phi) is 6.21. The number of benzene rings is 1. The number of amides is 1. The highest BCUT2D eigenvalue weighted by Gasteiger charge is 2.23. The average Bonchev–Trinajstić information content (AvgIpc) is 2.54. The standard InChI is InChI=1S/C17H26N2O3/c1-13(12-22-2)18-16-5-3-4-15(10-16)17(21)19-8-6-14(11-20)7-9-19/h3-5,10,13-14,18,20H,6-9,11-12H2,1-2H3. The molecule has 0 aliphatic carbocycles. The molecule has 0 saturated carbocycles. The third-order valence-electron chi connectivity index (χ3n) is 4.10. The maximum absolute atomic E-state index is 12.6. The topological polar surface area (TPSA) is 61.8 Å². The van der Waals surface area contributed by atoms with Crippen LogP contribution in [0, 0.1) is 5.92 Å². The van der Waals surface area contributed by atoms with E-state index in [1.54, 1.807) is 7.11 Å². The van der Waals surface area contributed by atoms with Crippen LogP contribution < -0.4 is 5.32 Å². The van der Waals surface area contributed by atoms with Crippen LogP contribution in [0.25, 0.3) is 0 Å². The van der Waals surface area contributed by atoms with Crippen LogP contribution in [0.3, 0.4) is 0 Å². The second-order valence-electron chi connectivity index (χ2n) is 6.00. The number of carbonyl (C=O) groups excluding carboxylic acids is 1. The molecular formula is C17H26N2O3. The smallest absolute Gasteiger partial charge is 0.253 e. The SMILES string of the molecule is COCC(C)Nc1cccc(C(=O)N2CCC(CO)CC2)c1. The van der Waals surface area contributed by atoms with Gasteiger partial charge >= 0.3 is 0 Å². The van der Waals surface area contributed by atoms with Crippen molar-refractivity contribution >= 4 is 11.6 Å². The number of nitrogens with zero attached hydrogens (tertiary/aromatic N) is 1. The van der Waals surface area contributed by atoms with E-state index in [-0.39, 0.29) is 18.6 Å². The summed E-state index contributed by atoms with van der Waals surface area (Å²) < 4.78 is 5.11. The number of hydrogen-bond acceptors (Lipinski definition) is 4. The summed E-state index contributed by atoms with van der Waals surface area (Å²) in [6.45, 7) is 4.33. The van der Waals surface area contributed by atoms with E-state index >= 15 is 0 Å². The van der Waals surface area contributed by atoms with Crippen LogP contribution in [-0.4, -0.2) is 55.4 Å². The molecule has 0 aromatic heterocycles. The minimum absolute atomic E-state index is 0.0689. The Labute approximate surface area is 132 Å². The van der Waals surface area contributed by atoms with Gasteiger partial charge in [0.25, 0.3) is 5.91 Å². The van der Waals surface area contributed by atoms with Gasteiger partial charge in [-0.15, -0.1) is 0 Å². The average molecular weight is 306 g/mol. The minimum Gasteiger partial charge on any atom is -0.396 e. The molecule has 5 heteroatoms. The first-order chi connectivity index (χ1) is 10.6.